The molecule has 1 N–H and O–H groups in total. The van der Waals surface area contributed by atoms with Gasteiger partial charge in [0.1, 0.15) is 18.4 Å². The van der Waals surface area contributed by atoms with Crippen molar-refractivity contribution in [2.24, 2.45) is 0 Å². The van der Waals surface area contributed by atoms with Crippen LogP contribution in [0.1, 0.15) is 42.5 Å². The maximum Gasteiger partial charge on any atom is 0.256 e. The van der Waals surface area contributed by atoms with Crippen LogP contribution in [0.3, 0.4) is 0 Å². The molecule has 2 fully saturated rings. The number of halogens is 1. The van der Waals surface area contributed by atoms with E-state index in [-0.39, 0.29) is 29.8 Å². The van der Waals surface area contributed by atoms with Crippen LogP contribution < -0.4 is 10.2 Å². The number of nitrogens with one attached hydrogen (secondary N) is 1. The van der Waals surface area contributed by atoms with Crippen molar-refractivity contribution in [1.82, 2.24) is 15.1 Å². The molecule has 0 saturated carbocycles. The maximum absolute atomic E-state index is 13.8. The first-order valence-corrected chi connectivity index (χ1v) is 10.5. The van der Waals surface area contributed by atoms with Gasteiger partial charge in [-0.2, -0.15) is 0 Å². The van der Waals surface area contributed by atoms with Crippen LogP contribution in [0.15, 0.2) is 18.2 Å². The molecule has 1 atom stereocenters. The predicted molar refractivity (Wildman–Crippen MR) is 106 cm³/mol. The summed E-state index contributed by atoms with van der Waals surface area (Å²) in [5.74, 6) is -1.42. The van der Waals surface area contributed by atoms with Gasteiger partial charge < -0.3 is 20.0 Å². The van der Waals surface area contributed by atoms with Crippen LogP contribution in [-0.4, -0.2) is 72.8 Å². The van der Waals surface area contributed by atoms with Crippen molar-refractivity contribution >= 4 is 23.4 Å². The molecule has 29 heavy (non-hydrogen) atoms. The number of piperidine rings is 1. The van der Waals surface area contributed by atoms with E-state index < -0.39 is 11.9 Å². The van der Waals surface area contributed by atoms with Gasteiger partial charge in [-0.25, -0.2) is 4.39 Å². The van der Waals surface area contributed by atoms with Gasteiger partial charge in [-0.3, -0.25) is 14.4 Å². The number of anilines is 1. The van der Waals surface area contributed by atoms with Crippen LogP contribution in [-0.2, 0) is 9.59 Å². The van der Waals surface area contributed by atoms with E-state index in [1.165, 1.54) is 41.2 Å². The molecule has 3 aliphatic rings. The molecule has 1 aromatic rings. The lowest BCUT2D eigenvalue weighted by Gasteiger charge is -2.27. The second kappa shape index (κ2) is 8.49. The zero-order chi connectivity index (χ0) is 20.4. The summed E-state index contributed by atoms with van der Waals surface area (Å²) in [6.45, 7) is 3.72. The Morgan fingerprint density at radius 1 is 1.10 bits per heavy atom. The number of amides is 3. The number of benzene rings is 1. The van der Waals surface area contributed by atoms with E-state index in [2.05, 4.69) is 10.2 Å². The summed E-state index contributed by atoms with van der Waals surface area (Å²) in [6.07, 6.45) is 4.93. The van der Waals surface area contributed by atoms with E-state index in [0.29, 0.717) is 25.2 Å². The summed E-state index contributed by atoms with van der Waals surface area (Å²) in [5.41, 5.74) is 0.450. The number of rotatable bonds is 5. The molecular weight excluding hydrogens is 375 g/mol. The minimum absolute atomic E-state index is 0.142. The summed E-state index contributed by atoms with van der Waals surface area (Å²) in [7, 11) is 0. The summed E-state index contributed by atoms with van der Waals surface area (Å²) in [5, 5.41) is 2.88. The zero-order valence-electron chi connectivity index (χ0n) is 16.5. The lowest BCUT2D eigenvalue weighted by molar-refractivity contribution is -0.125. The molecule has 1 aromatic carbocycles. The standard InChI is InChI=1S/C21H27FN4O3/c22-15-6-7-17-16(13-15)20(28)25-11-4-5-18(25)21(29)26(17)14-19(27)23-8-12-24-9-2-1-3-10-24/h6-7,13,18H,1-5,8-12,14H2,(H,23,27)/t18-/m0/s1. The van der Waals surface area contributed by atoms with E-state index in [4.69, 9.17) is 0 Å². The highest BCUT2D eigenvalue weighted by Crippen LogP contribution is 2.32. The first kappa shape index (κ1) is 19.8. The molecule has 0 aromatic heterocycles. The molecule has 3 aliphatic heterocycles. The van der Waals surface area contributed by atoms with E-state index >= 15 is 0 Å². The molecule has 2 saturated heterocycles. The number of likely N-dealkylation sites (tertiary alicyclic amines) is 1. The SMILES string of the molecule is O=C(CN1C(=O)[C@@H]2CCCN2C(=O)c2cc(F)ccc21)NCCN1CCCCC1. The summed E-state index contributed by atoms with van der Waals surface area (Å²) in [4.78, 5) is 43.7. The first-order chi connectivity index (χ1) is 14.0. The molecule has 8 heteroatoms. The Morgan fingerprint density at radius 3 is 2.69 bits per heavy atom. The molecule has 0 unspecified atom stereocenters. The van der Waals surface area contributed by atoms with Crippen LogP contribution in [0.5, 0.6) is 0 Å². The highest BCUT2D eigenvalue weighted by Gasteiger charge is 2.42. The summed E-state index contributed by atoms with van der Waals surface area (Å²) >= 11 is 0. The van der Waals surface area contributed by atoms with Gasteiger partial charge in [0.15, 0.2) is 0 Å². The van der Waals surface area contributed by atoms with Crippen molar-refractivity contribution in [3.63, 3.8) is 0 Å². The molecular formula is C21H27FN4O3. The topological polar surface area (TPSA) is 73.0 Å². The molecule has 7 nitrogen and oxygen atoms in total. The van der Waals surface area contributed by atoms with Crippen molar-refractivity contribution in [2.45, 2.75) is 38.1 Å². The lowest BCUT2D eigenvalue weighted by Crippen LogP contribution is -2.48. The van der Waals surface area contributed by atoms with Crippen LogP contribution in [0, 0.1) is 5.82 Å². The minimum atomic E-state index is -0.584. The molecule has 0 spiro atoms. The van der Waals surface area contributed by atoms with Gasteiger partial charge in [0.2, 0.25) is 11.8 Å². The van der Waals surface area contributed by atoms with Crippen molar-refractivity contribution in [2.75, 3.05) is 44.2 Å². The van der Waals surface area contributed by atoms with Crippen molar-refractivity contribution in [3.05, 3.63) is 29.6 Å². The molecule has 3 amide bonds. The average Bonchev–Trinajstić information content (AvgIpc) is 3.19. The maximum atomic E-state index is 13.8. The highest BCUT2D eigenvalue weighted by molar-refractivity contribution is 6.12. The molecule has 0 bridgehead atoms. The van der Waals surface area contributed by atoms with Gasteiger partial charge in [0.05, 0.1) is 11.3 Å². The van der Waals surface area contributed by atoms with Gasteiger partial charge in [-0.15, -0.1) is 0 Å². The Labute approximate surface area is 169 Å². The molecule has 0 aliphatic carbocycles. The fraction of sp³-hybridized carbons (Fsp3) is 0.571. The van der Waals surface area contributed by atoms with Gasteiger partial charge in [0, 0.05) is 19.6 Å². The minimum Gasteiger partial charge on any atom is -0.353 e. The quantitative estimate of drug-likeness (QED) is 0.808. The highest BCUT2D eigenvalue weighted by atomic mass is 19.1. The molecule has 4 rings (SSSR count). The van der Waals surface area contributed by atoms with Crippen LogP contribution in [0.25, 0.3) is 0 Å². The fourth-order valence-corrected chi connectivity index (χ4v) is 4.53. The zero-order valence-corrected chi connectivity index (χ0v) is 16.5. The van der Waals surface area contributed by atoms with Crippen LogP contribution in [0.2, 0.25) is 0 Å². The molecule has 0 radical (unpaired) electrons. The number of hydrogen-bond acceptors (Lipinski definition) is 4. The van der Waals surface area contributed by atoms with Crippen LogP contribution >= 0.6 is 0 Å². The fourth-order valence-electron chi connectivity index (χ4n) is 4.53. The lowest BCUT2D eigenvalue weighted by atomic mass is 10.1. The largest absolute Gasteiger partial charge is 0.353 e. The Hall–Kier alpha value is -2.48. The third-order valence-corrected chi connectivity index (χ3v) is 6.05. The Bertz CT molecular complexity index is 809. The number of fused-ring (bicyclic) bond motifs is 2. The number of hydrogen-bond donors (Lipinski definition) is 1. The normalized spacial score (nSPS) is 22.3. The Morgan fingerprint density at radius 2 is 1.90 bits per heavy atom. The van der Waals surface area contributed by atoms with E-state index in [1.54, 1.807) is 0 Å². The second-order valence-electron chi connectivity index (χ2n) is 7.99. The monoisotopic (exact) mass is 402 g/mol. The first-order valence-electron chi connectivity index (χ1n) is 10.5. The molecule has 156 valence electrons. The van der Waals surface area contributed by atoms with Crippen molar-refractivity contribution < 1.29 is 18.8 Å². The Kier molecular flexibility index (Phi) is 5.80. The van der Waals surface area contributed by atoms with Gasteiger partial charge >= 0.3 is 0 Å². The smallest absolute Gasteiger partial charge is 0.256 e. The van der Waals surface area contributed by atoms with Gasteiger partial charge in [-0.1, -0.05) is 6.42 Å². The van der Waals surface area contributed by atoms with Crippen molar-refractivity contribution in [3.8, 4) is 0 Å². The number of carbonyl (C=O) groups excluding carboxylic acids is 3. The Balaban J connectivity index is 1.47. The van der Waals surface area contributed by atoms with Crippen molar-refractivity contribution in [1.29, 1.82) is 0 Å². The van der Waals surface area contributed by atoms with E-state index in [1.807, 2.05) is 0 Å². The number of nitrogens with zero attached hydrogens (tertiary/aromatic N) is 3. The van der Waals surface area contributed by atoms with Crippen LogP contribution in [0.4, 0.5) is 10.1 Å². The molecule has 3 heterocycles. The second-order valence-corrected chi connectivity index (χ2v) is 7.99. The average molecular weight is 402 g/mol. The summed E-state index contributed by atoms with van der Waals surface area (Å²) in [6, 6.07) is 3.22. The predicted octanol–water partition coefficient (Wildman–Crippen LogP) is 1.38. The van der Waals surface area contributed by atoms with E-state index in [0.717, 1.165) is 32.1 Å². The third-order valence-electron chi connectivity index (χ3n) is 6.05. The van der Waals surface area contributed by atoms with Gasteiger partial charge in [0.25, 0.3) is 5.91 Å². The summed E-state index contributed by atoms with van der Waals surface area (Å²) < 4.78 is 13.8. The van der Waals surface area contributed by atoms with E-state index in [9.17, 15) is 18.8 Å². The third kappa shape index (κ3) is 4.12. The van der Waals surface area contributed by atoms with Gasteiger partial charge in [-0.05, 0) is 57.0 Å². The number of carbonyl (C=O) groups is 3.